The highest BCUT2D eigenvalue weighted by atomic mass is 19.1. The molecule has 1 N–H and O–H groups in total. The summed E-state index contributed by atoms with van der Waals surface area (Å²) < 4.78 is 15.1. The number of nitrogens with one attached hydrogen (secondary N) is 1. The molecule has 24 heavy (non-hydrogen) atoms. The predicted octanol–water partition coefficient (Wildman–Crippen LogP) is 5.45. The van der Waals surface area contributed by atoms with Gasteiger partial charge in [0.1, 0.15) is 5.82 Å². The van der Waals surface area contributed by atoms with Crippen molar-refractivity contribution in [3.63, 3.8) is 0 Å². The second-order valence-electron chi connectivity index (χ2n) is 7.31. The van der Waals surface area contributed by atoms with Crippen LogP contribution >= 0.6 is 0 Å². The molecule has 3 rings (SSSR count). The Bertz CT molecular complexity index is 676. The summed E-state index contributed by atoms with van der Waals surface area (Å²) in [6.45, 7) is 4.53. The smallest absolute Gasteiger partial charge is 0.134 e. The minimum atomic E-state index is -0.0632. The summed E-state index contributed by atoms with van der Waals surface area (Å²) in [5, 5.41) is 3.52. The zero-order chi connectivity index (χ0) is 17.2. The van der Waals surface area contributed by atoms with Crippen molar-refractivity contribution in [2.24, 2.45) is 11.3 Å². The lowest BCUT2D eigenvalue weighted by Gasteiger charge is -2.31. The second kappa shape index (κ2) is 7.06. The van der Waals surface area contributed by atoms with Gasteiger partial charge in [0.25, 0.3) is 0 Å². The molecule has 0 amide bonds. The lowest BCUT2D eigenvalue weighted by Crippen LogP contribution is -2.41. The van der Waals surface area contributed by atoms with E-state index in [0.717, 1.165) is 17.5 Å². The van der Waals surface area contributed by atoms with Crippen LogP contribution in [0, 0.1) is 17.2 Å². The summed E-state index contributed by atoms with van der Waals surface area (Å²) in [5.74, 6) is 0.352. The topological polar surface area (TPSA) is 12.0 Å². The van der Waals surface area contributed by atoms with Gasteiger partial charge >= 0.3 is 0 Å². The van der Waals surface area contributed by atoms with Gasteiger partial charge in [-0.3, -0.25) is 0 Å². The summed E-state index contributed by atoms with van der Waals surface area (Å²) in [6, 6.07) is 16.1. The SMILES string of the molecule is CCC1(C(NC)C(C)Cc2cccc(-c3ccccc3)c2F)CC1. The van der Waals surface area contributed by atoms with Crippen LogP contribution in [-0.2, 0) is 6.42 Å². The molecule has 1 saturated carbocycles. The van der Waals surface area contributed by atoms with Crippen LogP contribution in [0.5, 0.6) is 0 Å². The van der Waals surface area contributed by atoms with Gasteiger partial charge in [0.2, 0.25) is 0 Å². The fourth-order valence-electron chi connectivity index (χ4n) is 4.28. The molecule has 2 heteroatoms. The Morgan fingerprint density at radius 3 is 2.38 bits per heavy atom. The Morgan fingerprint density at radius 1 is 1.08 bits per heavy atom. The molecule has 0 spiro atoms. The summed E-state index contributed by atoms with van der Waals surface area (Å²) in [4.78, 5) is 0. The van der Waals surface area contributed by atoms with Gasteiger partial charge in [0.15, 0.2) is 0 Å². The van der Waals surface area contributed by atoms with Crippen LogP contribution in [-0.4, -0.2) is 13.1 Å². The van der Waals surface area contributed by atoms with E-state index in [2.05, 4.69) is 19.2 Å². The molecule has 1 aliphatic carbocycles. The van der Waals surface area contributed by atoms with E-state index in [9.17, 15) is 0 Å². The first-order valence-corrected chi connectivity index (χ1v) is 9.11. The molecule has 0 radical (unpaired) electrons. The third kappa shape index (κ3) is 3.25. The van der Waals surface area contributed by atoms with Crippen molar-refractivity contribution in [3.05, 3.63) is 59.9 Å². The average Bonchev–Trinajstić information content (AvgIpc) is 3.39. The molecule has 1 aliphatic rings. The summed E-state index contributed by atoms with van der Waals surface area (Å²) in [6.07, 6.45) is 4.58. The molecule has 2 unspecified atom stereocenters. The van der Waals surface area contributed by atoms with Gasteiger partial charge < -0.3 is 5.32 Å². The molecule has 0 bridgehead atoms. The molecule has 2 aromatic carbocycles. The first-order chi connectivity index (χ1) is 11.6. The monoisotopic (exact) mass is 325 g/mol. The zero-order valence-electron chi connectivity index (χ0n) is 15.0. The molecular formula is C22H28FN. The van der Waals surface area contributed by atoms with Gasteiger partial charge in [-0.25, -0.2) is 4.39 Å². The fraction of sp³-hybridized carbons (Fsp3) is 0.455. The van der Waals surface area contributed by atoms with Crippen molar-refractivity contribution in [2.45, 2.75) is 45.6 Å². The lowest BCUT2D eigenvalue weighted by atomic mass is 9.81. The maximum Gasteiger partial charge on any atom is 0.134 e. The average molecular weight is 325 g/mol. The van der Waals surface area contributed by atoms with Gasteiger partial charge in [-0.2, -0.15) is 0 Å². The van der Waals surface area contributed by atoms with Crippen molar-refractivity contribution in [3.8, 4) is 11.1 Å². The number of halogens is 1. The van der Waals surface area contributed by atoms with E-state index in [4.69, 9.17) is 0 Å². The van der Waals surface area contributed by atoms with E-state index < -0.39 is 0 Å². The summed E-state index contributed by atoms with van der Waals surface area (Å²) in [5.41, 5.74) is 2.91. The van der Waals surface area contributed by atoms with E-state index >= 15 is 4.39 Å². The highest BCUT2D eigenvalue weighted by Crippen LogP contribution is 2.53. The molecule has 0 aliphatic heterocycles. The Kier molecular flexibility index (Phi) is 5.05. The molecule has 1 nitrogen and oxygen atoms in total. The molecule has 2 atom stereocenters. The summed E-state index contributed by atoms with van der Waals surface area (Å²) >= 11 is 0. The van der Waals surface area contributed by atoms with Crippen molar-refractivity contribution < 1.29 is 4.39 Å². The van der Waals surface area contributed by atoms with Crippen LogP contribution in [0.1, 0.15) is 38.7 Å². The predicted molar refractivity (Wildman–Crippen MR) is 99.5 cm³/mol. The number of hydrogen-bond acceptors (Lipinski definition) is 1. The van der Waals surface area contributed by atoms with Gasteiger partial charge in [-0.1, -0.05) is 62.4 Å². The first-order valence-electron chi connectivity index (χ1n) is 9.11. The second-order valence-corrected chi connectivity index (χ2v) is 7.31. The van der Waals surface area contributed by atoms with Gasteiger partial charge in [0, 0.05) is 11.6 Å². The molecule has 2 aromatic rings. The van der Waals surface area contributed by atoms with Crippen LogP contribution < -0.4 is 5.32 Å². The van der Waals surface area contributed by atoms with E-state index in [1.165, 1.54) is 19.3 Å². The van der Waals surface area contributed by atoms with E-state index in [0.29, 0.717) is 22.9 Å². The minimum absolute atomic E-state index is 0.0632. The number of hydrogen-bond donors (Lipinski definition) is 1. The summed E-state index contributed by atoms with van der Waals surface area (Å²) in [7, 11) is 2.05. The maximum atomic E-state index is 15.1. The molecule has 0 heterocycles. The van der Waals surface area contributed by atoms with E-state index in [-0.39, 0.29) is 5.82 Å². The molecule has 128 valence electrons. The van der Waals surface area contributed by atoms with Gasteiger partial charge in [-0.05, 0) is 55.2 Å². The standard InChI is InChI=1S/C22H28FN/c1-4-22(13-14-22)21(24-3)16(2)15-18-11-8-12-19(20(18)23)17-9-6-5-7-10-17/h5-12,16,21,24H,4,13-15H2,1-3H3. The fourth-order valence-corrected chi connectivity index (χ4v) is 4.28. The largest absolute Gasteiger partial charge is 0.316 e. The Labute approximate surface area is 145 Å². The van der Waals surface area contributed by atoms with Gasteiger partial charge in [-0.15, -0.1) is 0 Å². The molecular weight excluding hydrogens is 297 g/mol. The highest BCUT2D eigenvalue weighted by molar-refractivity contribution is 5.64. The zero-order valence-corrected chi connectivity index (χ0v) is 15.0. The molecule has 1 fully saturated rings. The van der Waals surface area contributed by atoms with Crippen LogP contribution in [0.15, 0.2) is 48.5 Å². The normalized spacial score (nSPS) is 18.2. The molecule has 0 aromatic heterocycles. The first kappa shape index (κ1) is 17.2. The highest BCUT2D eigenvalue weighted by Gasteiger charge is 2.48. The van der Waals surface area contributed by atoms with Crippen LogP contribution in [0.4, 0.5) is 4.39 Å². The van der Waals surface area contributed by atoms with Crippen molar-refractivity contribution >= 4 is 0 Å². The Hall–Kier alpha value is -1.67. The van der Waals surface area contributed by atoms with Crippen LogP contribution in [0.2, 0.25) is 0 Å². The number of rotatable bonds is 7. The van der Waals surface area contributed by atoms with Crippen LogP contribution in [0.3, 0.4) is 0 Å². The third-order valence-corrected chi connectivity index (χ3v) is 5.84. The van der Waals surface area contributed by atoms with Crippen LogP contribution in [0.25, 0.3) is 11.1 Å². The van der Waals surface area contributed by atoms with Gasteiger partial charge in [0.05, 0.1) is 0 Å². The Morgan fingerprint density at radius 2 is 1.79 bits per heavy atom. The van der Waals surface area contributed by atoms with Crippen molar-refractivity contribution in [1.82, 2.24) is 5.32 Å². The van der Waals surface area contributed by atoms with Crippen molar-refractivity contribution in [1.29, 1.82) is 0 Å². The maximum absolute atomic E-state index is 15.1. The third-order valence-electron chi connectivity index (χ3n) is 5.84. The molecule has 0 saturated heterocycles. The van der Waals surface area contributed by atoms with Crippen molar-refractivity contribution in [2.75, 3.05) is 7.05 Å². The van der Waals surface area contributed by atoms with E-state index in [1.807, 2.05) is 55.6 Å². The minimum Gasteiger partial charge on any atom is -0.316 e. The quantitative estimate of drug-likeness (QED) is 0.714. The number of benzene rings is 2. The Balaban J connectivity index is 1.83. The van der Waals surface area contributed by atoms with E-state index in [1.54, 1.807) is 0 Å². The lowest BCUT2D eigenvalue weighted by molar-refractivity contribution is 0.253.